The molecule has 0 N–H and O–H groups in total. The minimum Gasteiger partial charge on any atom is -0.490 e. The van der Waals surface area contributed by atoms with Crippen LogP contribution in [0.15, 0.2) is 24.3 Å². The molecule has 0 saturated carbocycles. The Hall–Kier alpha value is -1.62. The van der Waals surface area contributed by atoms with E-state index in [2.05, 4.69) is 0 Å². The molecule has 2 atom stereocenters. The molecule has 20 heavy (non-hydrogen) atoms. The number of carbonyl (C=O) groups is 1. The van der Waals surface area contributed by atoms with Crippen LogP contribution in [0.3, 0.4) is 0 Å². The lowest BCUT2D eigenvalue weighted by Gasteiger charge is -2.36. The van der Waals surface area contributed by atoms with Crippen LogP contribution in [-0.2, 0) is 9.53 Å². The van der Waals surface area contributed by atoms with Crippen LogP contribution in [0.25, 0.3) is 0 Å². The van der Waals surface area contributed by atoms with Crippen molar-refractivity contribution >= 4 is 5.91 Å². The van der Waals surface area contributed by atoms with E-state index in [9.17, 15) is 9.18 Å². The molecule has 4 nitrogen and oxygen atoms in total. The van der Waals surface area contributed by atoms with Gasteiger partial charge >= 0.3 is 0 Å². The van der Waals surface area contributed by atoms with Crippen LogP contribution in [0.1, 0.15) is 20.3 Å². The van der Waals surface area contributed by atoms with E-state index in [1.165, 1.54) is 6.07 Å². The Balaban J connectivity index is 1.82. The topological polar surface area (TPSA) is 38.8 Å². The number of amides is 1. The molecule has 1 aromatic carbocycles. The van der Waals surface area contributed by atoms with Crippen LogP contribution in [0.5, 0.6) is 5.75 Å². The zero-order valence-electron chi connectivity index (χ0n) is 11.8. The second-order valence-corrected chi connectivity index (χ2v) is 5.07. The normalized spacial score (nSPS) is 22.6. The Morgan fingerprint density at radius 3 is 2.95 bits per heavy atom. The van der Waals surface area contributed by atoms with Crippen molar-refractivity contribution < 1.29 is 18.7 Å². The molecule has 0 bridgehead atoms. The minimum absolute atomic E-state index is 0.0176. The summed E-state index contributed by atoms with van der Waals surface area (Å²) in [6.45, 7) is 5.24. The second kappa shape index (κ2) is 6.70. The van der Waals surface area contributed by atoms with Gasteiger partial charge in [0.15, 0.2) is 11.6 Å². The molecule has 0 unspecified atom stereocenters. The van der Waals surface area contributed by atoms with Gasteiger partial charge in [0.05, 0.1) is 31.8 Å². The van der Waals surface area contributed by atoms with E-state index in [1.54, 1.807) is 23.1 Å². The molecule has 1 aliphatic rings. The molecule has 1 fully saturated rings. The van der Waals surface area contributed by atoms with Crippen molar-refractivity contribution in [2.45, 2.75) is 32.4 Å². The summed E-state index contributed by atoms with van der Waals surface area (Å²) < 4.78 is 24.1. The quantitative estimate of drug-likeness (QED) is 0.849. The summed E-state index contributed by atoms with van der Waals surface area (Å²) in [6.07, 6.45) is 0.299. The third-order valence-corrected chi connectivity index (χ3v) is 3.34. The number of para-hydroxylation sites is 1. The lowest BCUT2D eigenvalue weighted by atomic mass is 10.2. The standard InChI is InChI=1S/C15H20FNO3/c1-11-10-20-12(2)9-17(11)15(18)7-8-19-14-6-4-3-5-13(14)16/h3-6,11-12H,7-10H2,1-2H3/t11-,12-/m1/s1. The SMILES string of the molecule is C[C@@H]1CN(C(=O)CCOc2ccccc2F)[C@H](C)CO1. The van der Waals surface area contributed by atoms with Crippen molar-refractivity contribution in [2.75, 3.05) is 19.8 Å². The Kier molecular flexibility index (Phi) is 4.95. The number of hydrogen-bond acceptors (Lipinski definition) is 3. The van der Waals surface area contributed by atoms with Crippen molar-refractivity contribution in [1.82, 2.24) is 4.90 Å². The van der Waals surface area contributed by atoms with Crippen molar-refractivity contribution in [3.63, 3.8) is 0 Å². The number of ether oxygens (including phenoxy) is 2. The molecular formula is C15H20FNO3. The fourth-order valence-corrected chi connectivity index (χ4v) is 2.20. The van der Waals surface area contributed by atoms with Gasteiger partial charge in [-0.25, -0.2) is 4.39 Å². The van der Waals surface area contributed by atoms with Crippen LogP contribution in [0.2, 0.25) is 0 Å². The van der Waals surface area contributed by atoms with Crippen molar-refractivity contribution in [1.29, 1.82) is 0 Å². The number of morpholine rings is 1. The molecule has 0 spiro atoms. The summed E-state index contributed by atoms with van der Waals surface area (Å²) in [5.74, 6) is -0.207. The largest absolute Gasteiger partial charge is 0.490 e. The fourth-order valence-electron chi connectivity index (χ4n) is 2.20. The minimum atomic E-state index is -0.409. The third-order valence-electron chi connectivity index (χ3n) is 3.34. The highest BCUT2D eigenvalue weighted by atomic mass is 19.1. The van der Waals surface area contributed by atoms with Gasteiger partial charge in [0.2, 0.25) is 5.91 Å². The van der Waals surface area contributed by atoms with E-state index < -0.39 is 5.82 Å². The lowest BCUT2D eigenvalue weighted by Crippen LogP contribution is -2.50. The third kappa shape index (κ3) is 3.70. The van der Waals surface area contributed by atoms with Gasteiger partial charge in [-0.3, -0.25) is 4.79 Å². The van der Waals surface area contributed by atoms with E-state index >= 15 is 0 Å². The summed E-state index contributed by atoms with van der Waals surface area (Å²) in [7, 11) is 0. The maximum absolute atomic E-state index is 13.3. The Labute approximate surface area is 118 Å². The number of benzene rings is 1. The highest BCUT2D eigenvalue weighted by Crippen LogP contribution is 2.16. The monoisotopic (exact) mass is 281 g/mol. The first-order valence-corrected chi connectivity index (χ1v) is 6.86. The summed E-state index contributed by atoms with van der Waals surface area (Å²) in [4.78, 5) is 13.9. The Morgan fingerprint density at radius 2 is 2.20 bits per heavy atom. The second-order valence-electron chi connectivity index (χ2n) is 5.07. The van der Waals surface area contributed by atoms with Crippen LogP contribution < -0.4 is 4.74 Å². The predicted molar refractivity (Wildman–Crippen MR) is 73.1 cm³/mol. The van der Waals surface area contributed by atoms with Gasteiger partial charge in [-0.2, -0.15) is 0 Å². The molecule has 1 aliphatic heterocycles. The summed E-state index contributed by atoms with van der Waals surface area (Å²) >= 11 is 0. The van der Waals surface area contributed by atoms with Crippen molar-refractivity contribution in [2.24, 2.45) is 0 Å². The van der Waals surface area contributed by atoms with E-state index in [4.69, 9.17) is 9.47 Å². The number of hydrogen-bond donors (Lipinski definition) is 0. The zero-order chi connectivity index (χ0) is 14.5. The summed E-state index contributed by atoms with van der Waals surface area (Å²) in [6, 6.07) is 6.27. The first-order valence-electron chi connectivity index (χ1n) is 6.86. The molecule has 0 aromatic heterocycles. The van der Waals surface area contributed by atoms with Crippen LogP contribution >= 0.6 is 0 Å². The number of rotatable bonds is 4. The van der Waals surface area contributed by atoms with Crippen molar-refractivity contribution in [3.8, 4) is 5.75 Å². The molecule has 110 valence electrons. The first-order chi connectivity index (χ1) is 9.58. The lowest BCUT2D eigenvalue weighted by molar-refractivity contribution is -0.143. The maximum atomic E-state index is 13.3. The number of carbonyl (C=O) groups excluding carboxylic acids is 1. The van der Waals surface area contributed by atoms with Gasteiger partial charge in [-0.05, 0) is 26.0 Å². The van der Waals surface area contributed by atoms with E-state index in [0.717, 1.165) is 0 Å². The van der Waals surface area contributed by atoms with E-state index in [-0.39, 0.29) is 36.8 Å². The van der Waals surface area contributed by atoms with Gasteiger partial charge in [0.25, 0.3) is 0 Å². The van der Waals surface area contributed by atoms with Gasteiger partial charge in [0, 0.05) is 6.54 Å². The average molecular weight is 281 g/mol. The molecule has 1 heterocycles. The number of halogens is 1. The predicted octanol–water partition coefficient (Wildman–Crippen LogP) is 2.23. The van der Waals surface area contributed by atoms with E-state index in [0.29, 0.717) is 13.2 Å². The maximum Gasteiger partial charge on any atom is 0.226 e. The first kappa shape index (κ1) is 14.8. The van der Waals surface area contributed by atoms with Crippen LogP contribution in [0, 0.1) is 5.82 Å². The molecule has 1 aromatic rings. The molecule has 5 heteroatoms. The van der Waals surface area contributed by atoms with E-state index in [1.807, 2.05) is 13.8 Å². The Bertz CT molecular complexity index is 466. The van der Waals surface area contributed by atoms with Crippen LogP contribution in [-0.4, -0.2) is 42.7 Å². The number of nitrogens with zero attached hydrogens (tertiary/aromatic N) is 1. The van der Waals surface area contributed by atoms with Crippen LogP contribution in [0.4, 0.5) is 4.39 Å². The highest BCUT2D eigenvalue weighted by molar-refractivity contribution is 5.76. The molecule has 1 saturated heterocycles. The smallest absolute Gasteiger partial charge is 0.226 e. The highest BCUT2D eigenvalue weighted by Gasteiger charge is 2.27. The molecule has 2 rings (SSSR count). The molecular weight excluding hydrogens is 261 g/mol. The van der Waals surface area contributed by atoms with Gasteiger partial charge < -0.3 is 14.4 Å². The molecule has 0 radical (unpaired) electrons. The van der Waals surface area contributed by atoms with Gasteiger partial charge in [-0.1, -0.05) is 12.1 Å². The molecule has 0 aliphatic carbocycles. The zero-order valence-corrected chi connectivity index (χ0v) is 11.8. The summed E-state index contributed by atoms with van der Waals surface area (Å²) in [5.41, 5.74) is 0. The Morgan fingerprint density at radius 1 is 1.45 bits per heavy atom. The van der Waals surface area contributed by atoms with Gasteiger partial charge in [0.1, 0.15) is 0 Å². The fraction of sp³-hybridized carbons (Fsp3) is 0.533. The van der Waals surface area contributed by atoms with Crippen molar-refractivity contribution in [3.05, 3.63) is 30.1 Å². The molecule has 1 amide bonds. The summed E-state index contributed by atoms with van der Waals surface area (Å²) in [5, 5.41) is 0. The van der Waals surface area contributed by atoms with Gasteiger partial charge in [-0.15, -0.1) is 0 Å². The average Bonchev–Trinajstić information content (AvgIpc) is 2.43.